The maximum Gasteiger partial charge on any atom is 0.102 e. The summed E-state index contributed by atoms with van der Waals surface area (Å²) in [5.74, 6) is 0. The summed E-state index contributed by atoms with van der Waals surface area (Å²) in [6.45, 7) is 20.1. The molecule has 0 unspecified atom stereocenters. The highest BCUT2D eigenvalue weighted by molar-refractivity contribution is 4.52. The van der Waals surface area contributed by atoms with Crippen molar-refractivity contribution in [2.45, 2.75) is 39.5 Å². The Balaban J connectivity index is 1.45. The Bertz CT molecular complexity index is 308. The molecule has 0 aromatic rings. The van der Waals surface area contributed by atoms with Crippen LogP contribution in [-0.4, -0.2) is 101 Å². The normalized spacial score (nSPS) is 22.8. The van der Waals surface area contributed by atoms with E-state index in [4.69, 9.17) is 14.2 Å². The van der Waals surface area contributed by atoms with Crippen LogP contribution in [0, 0.1) is 0 Å². The summed E-state index contributed by atoms with van der Waals surface area (Å²) in [6, 6.07) is 0. The van der Waals surface area contributed by atoms with Crippen molar-refractivity contribution < 1.29 is 23.2 Å². The minimum absolute atomic E-state index is 0.932. The van der Waals surface area contributed by atoms with Crippen LogP contribution in [0.5, 0.6) is 0 Å². The first kappa shape index (κ1) is 21.1. The van der Waals surface area contributed by atoms with Gasteiger partial charge >= 0.3 is 0 Å². The number of hydrogen-bond acceptors (Lipinski definition) is 3. The third-order valence-electron chi connectivity index (χ3n) is 6.52. The van der Waals surface area contributed by atoms with Gasteiger partial charge in [-0.15, -0.1) is 0 Å². The molecule has 0 radical (unpaired) electrons. The molecular weight excluding hydrogens is 316 g/mol. The van der Waals surface area contributed by atoms with Gasteiger partial charge in [-0.3, -0.25) is 0 Å². The van der Waals surface area contributed by atoms with Gasteiger partial charge in [-0.2, -0.15) is 0 Å². The number of hydrogen-bond donors (Lipinski definition) is 0. The number of morpholine rings is 2. The van der Waals surface area contributed by atoms with E-state index in [9.17, 15) is 0 Å². The van der Waals surface area contributed by atoms with Crippen molar-refractivity contribution >= 4 is 0 Å². The minimum Gasteiger partial charge on any atom is -0.381 e. The molecular formula is C20H42N2O3+2. The van der Waals surface area contributed by atoms with E-state index in [2.05, 4.69) is 13.8 Å². The molecule has 0 bridgehead atoms. The van der Waals surface area contributed by atoms with Crippen LogP contribution in [0.2, 0.25) is 0 Å². The summed E-state index contributed by atoms with van der Waals surface area (Å²) >= 11 is 0. The molecule has 0 spiro atoms. The second kappa shape index (κ2) is 11.5. The van der Waals surface area contributed by atoms with Crippen molar-refractivity contribution in [1.82, 2.24) is 0 Å². The highest BCUT2D eigenvalue weighted by Gasteiger charge is 2.28. The molecule has 0 aliphatic carbocycles. The van der Waals surface area contributed by atoms with E-state index in [1.54, 1.807) is 0 Å². The lowest BCUT2D eigenvalue weighted by Gasteiger charge is -2.40. The Kier molecular flexibility index (Phi) is 9.71. The van der Waals surface area contributed by atoms with Crippen LogP contribution >= 0.6 is 0 Å². The highest BCUT2D eigenvalue weighted by Crippen LogP contribution is 2.14. The van der Waals surface area contributed by atoms with E-state index in [0.29, 0.717) is 0 Å². The van der Waals surface area contributed by atoms with Crippen molar-refractivity contribution in [3.8, 4) is 0 Å². The van der Waals surface area contributed by atoms with Gasteiger partial charge in [-0.1, -0.05) is 0 Å². The van der Waals surface area contributed by atoms with Gasteiger partial charge < -0.3 is 23.2 Å². The Morgan fingerprint density at radius 1 is 0.640 bits per heavy atom. The fraction of sp³-hybridized carbons (Fsp3) is 1.00. The van der Waals surface area contributed by atoms with E-state index < -0.39 is 0 Å². The lowest BCUT2D eigenvalue weighted by Crippen LogP contribution is -2.55. The molecule has 2 rings (SSSR count). The van der Waals surface area contributed by atoms with Gasteiger partial charge in [0.1, 0.15) is 26.2 Å². The predicted octanol–water partition coefficient (Wildman–Crippen LogP) is 2.30. The zero-order valence-electron chi connectivity index (χ0n) is 16.8. The predicted molar refractivity (Wildman–Crippen MR) is 102 cm³/mol. The maximum atomic E-state index is 5.88. The quantitative estimate of drug-likeness (QED) is 0.396. The number of rotatable bonds is 12. The van der Waals surface area contributed by atoms with Gasteiger partial charge in [0.05, 0.1) is 52.6 Å². The molecule has 0 saturated carbocycles. The van der Waals surface area contributed by atoms with Crippen molar-refractivity contribution in [3.05, 3.63) is 0 Å². The zero-order chi connectivity index (χ0) is 17.8. The van der Waals surface area contributed by atoms with Crippen LogP contribution in [0.1, 0.15) is 39.5 Å². The second-order valence-corrected chi connectivity index (χ2v) is 7.91. The summed E-state index contributed by atoms with van der Waals surface area (Å²) in [4.78, 5) is 0. The van der Waals surface area contributed by atoms with Crippen molar-refractivity contribution in [3.63, 3.8) is 0 Å². The summed E-state index contributed by atoms with van der Waals surface area (Å²) in [5, 5.41) is 0. The second-order valence-electron chi connectivity index (χ2n) is 7.91. The monoisotopic (exact) mass is 358 g/mol. The fourth-order valence-electron chi connectivity index (χ4n) is 4.26. The molecule has 0 aromatic carbocycles. The Morgan fingerprint density at radius 3 is 1.40 bits per heavy atom. The van der Waals surface area contributed by atoms with Gasteiger partial charge in [-0.05, 0) is 39.5 Å². The van der Waals surface area contributed by atoms with Gasteiger partial charge in [0.2, 0.25) is 0 Å². The summed E-state index contributed by atoms with van der Waals surface area (Å²) in [5.41, 5.74) is 0. The van der Waals surface area contributed by atoms with Crippen LogP contribution in [0.3, 0.4) is 0 Å². The first-order valence-electron chi connectivity index (χ1n) is 10.7. The van der Waals surface area contributed by atoms with Crippen molar-refractivity contribution in [2.24, 2.45) is 0 Å². The third kappa shape index (κ3) is 7.14. The van der Waals surface area contributed by atoms with Crippen LogP contribution in [-0.2, 0) is 14.2 Å². The number of likely N-dealkylation sites (N-methyl/N-ethyl adjacent to an activating group) is 2. The number of nitrogens with zero attached hydrogens (tertiary/aromatic N) is 2. The highest BCUT2D eigenvalue weighted by atomic mass is 16.5. The molecule has 2 fully saturated rings. The molecule has 2 aliphatic rings. The maximum absolute atomic E-state index is 5.88. The lowest BCUT2D eigenvalue weighted by molar-refractivity contribution is -0.933. The van der Waals surface area contributed by atoms with E-state index >= 15 is 0 Å². The van der Waals surface area contributed by atoms with E-state index in [1.807, 2.05) is 0 Å². The largest absolute Gasteiger partial charge is 0.381 e. The Labute approximate surface area is 155 Å². The first-order chi connectivity index (χ1) is 12.2. The van der Waals surface area contributed by atoms with Crippen LogP contribution in [0.15, 0.2) is 0 Å². The summed E-state index contributed by atoms with van der Waals surface area (Å²) in [6.07, 6.45) is 4.97. The molecule has 2 aliphatic heterocycles. The van der Waals surface area contributed by atoms with Gasteiger partial charge in [0, 0.05) is 13.2 Å². The van der Waals surface area contributed by atoms with Gasteiger partial charge in [0.25, 0.3) is 0 Å². The van der Waals surface area contributed by atoms with Crippen LogP contribution in [0.4, 0.5) is 0 Å². The van der Waals surface area contributed by atoms with E-state index in [0.717, 1.165) is 39.6 Å². The van der Waals surface area contributed by atoms with Crippen molar-refractivity contribution in [1.29, 1.82) is 0 Å². The molecule has 5 nitrogen and oxygen atoms in total. The molecule has 0 amide bonds. The van der Waals surface area contributed by atoms with Gasteiger partial charge in [-0.25, -0.2) is 0 Å². The molecule has 5 heteroatoms. The van der Waals surface area contributed by atoms with Crippen molar-refractivity contribution in [2.75, 3.05) is 92.0 Å². The number of ether oxygens (including phenoxy) is 3. The van der Waals surface area contributed by atoms with E-state index in [1.165, 1.54) is 87.0 Å². The van der Waals surface area contributed by atoms with E-state index in [-0.39, 0.29) is 0 Å². The standard InChI is InChI=1S/C20H42N2O3/c1-3-21(11-17-24-18-12-21)9-5-7-15-23-16-8-6-10-22(4-2)13-19-25-20-14-22/h3-20H2,1-2H3/q+2. The van der Waals surface area contributed by atoms with Crippen LogP contribution in [0.25, 0.3) is 0 Å². The van der Waals surface area contributed by atoms with Crippen LogP contribution < -0.4 is 0 Å². The minimum atomic E-state index is 0.932. The topological polar surface area (TPSA) is 27.7 Å². The Hall–Kier alpha value is -0.200. The molecule has 148 valence electrons. The molecule has 2 saturated heterocycles. The average molecular weight is 359 g/mol. The molecule has 0 aromatic heterocycles. The smallest absolute Gasteiger partial charge is 0.102 e. The third-order valence-corrected chi connectivity index (χ3v) is 6.52. The zero-order valence-corrected chi connectivity index (χ0v) is 16.8. The SMILES string of the molecule is CC[N+]1(CCCCOCCCC[N+]2(CC)CCOCC2)CCOCC1. The molecule has 25 heavy (non-hydrogen) atoms. The molecule has 0 atom stereocenters. The molecule has 0 N–H and O–H groups in total. The van der Waals surface area contributed by atoms with Gasteiger partial charge in [0.15, 0.2) is 0 Å². The summed E-state index contributed by atoms with van der Waals surface area (Å²) < 4.78 is 19.4. The number of quaternary nitrogens is 2. The fourth-order valence-corrected chi connectivity index (χ4v) is 4.26. The summed E-state index contributed by atoms with van der Waals surface area (Å²) in [7, 11) is 0. The average Bonchev–Trinajstić information content (AvgIpc) is 2.68. The number of unbranched alkanes of at least 4 members (excludes halogenated alkanes) is 2. The Morgan fingerprint density at radius 2 is 1.04 bits per heavy atom. The first-order valence-corrected chi connectivity index (χ1v) is 10.7. The molecule has 2 heterocycles. The lowest BCUT2D eigenvalue weighted by atomic mass is 10.2.